The molecular formula is C10H15N2O2+. The minimum absolute atomic E-state index is 0.390. The van der Waals surface area contributed by atoms with Crippen LogP contribution in [0.25, 0.3) is 0 Å². The van der Waals surface area contributed by atoms with Crippen LogP contribution in [0.5, 0.6) is 0 Å². The Morgan fingerprint density at radius 1 is 1.64 bits per heavy atom. The predicted octanol–water partition coefficient (Wildman–Crippen LogP) is 0.717. The van der Waals surface area contributed by atoms with Crippen molar-refractivity contribution in [3.8, 4) is 0 Å². The van der Waals surface area contributed by atoms with E-state index in [4.69, 9.17) is 4.84 Å². The van der Waals surface area contributed by atoms with Gasteiger partial charge in [-0.3, -0.25) is 4.84 Å². The van der Waals surface area contributed by atoms with Gasteiger partial charge in [0.1, 0.15) is 6.20 Å². The molecule has 0 fully saturated rings. The lowest BCUT2D eigenvalue weighted by molar-refractivity contribution is -0.697. The molecule has 1 heterocycles. The maximum absolute atomic E-state index is 11.1. The average Bonchev–Trinajstić information content (AvgIpc) is 2.53. The first kappa shape index (κ1) is 10.5. The van der Waals surface area contributed by atoms with Gasteiger partial charge in [-0.05, 0) is 18.1 Å². The summed E-state index contributed by atoms with van der Waals surface area (Å²) in [6.45, 7) is 8.12. The average molecular weight is 195 g/mol. The van der Waals surface area contributed by atoms with E-state index in [0.29, 0.717) is 5.57 Å². The fraction of sp³-hybridized carbons (Fsp3) is 0.400. The Kier molecular flexibility index (Phi) is 3.45. The molecule has 1 aromatic heterocycles. The maximum Gasteiger partial charge on any atom is 0.383 e. The van der Waals surface area contributed by atoms with Gasteiger partial charge in [0.15, 0.2) is 6.20 Å². The third kappa shape index (κ3) is 2.73. The second-order valence-corrected chi connectivity index (χ2v) is 3.17. The van der Waals surface area contributed by atoms with E-state index in [1.165, 1.54) is 4.73 Å². The highest BCUT2D eigenvalue weighted by molar-refractivity contribution is 5.87. The number of nitrogens with zero attached hydrogens (tertiary/aromatic N) is 2. The SMILES string of the molecule is C=C(C)C(=O)On1cc[n+](CCC)c1. The van der Waals surface area contributed by atoms with Gasteiger partial charge in [0.25, 0.3) is 6.33 Å². The number of hydrogen-bond acceptors (Lipinski definition) is 2. The Morgan fingerprint density at radius 3 is 2.93 bits per heavy atom. The minimum Gasteiger partial charge on any atom is -0.253 e. The van der Waals surface area contributed by atoms with Crippen molar-refractivity contribution in [3.63, 3.8) is 0 Å². The third-order valence-corrected chi connectivity index (χ3v) is 1.69. The summed E-state index contributed by atoms with van der Waals surface area (Å²) in [6, 6.07) is 0. The molecule has 0 aliphatic heterocycles. The monoisotopic (exact) mass is 195 g/mol. The summed E-state index contributed by atoms with van der Waals surface area (Å²) in [6.07, 6.45) is 6.32. The van der Waals surface area contributed by atoms with Crippen LogP contribution < -0.4 is 9.40 Å². The molecule has 0 amide bonds. The molecule has 4 heteroatoms. The van der Waals surface area contributed by atoms with Gasteiger partial charge in [-0.15, -0.1) is 0 Å². The number of carbonyl (C=O) groups is 1. The molecule has 0 saturated heterocycles. The van der Waals surface area contributed by atoms with Crippen LogP contribution in [0.3, 0.4) is 0 Å². The molecule has 1 aromatic rings. The summed E-state index contributed by atoms with van der Waals surface area (Å²) < 4.78 is 3.33. The Hall–Kier alpha value is -1.58. The molecular weight excluding hydrogens is 180 g/mol. The van der Waals surface area contributed by atoms with Gasteiger partial charge in [-0.25, -0.2) is 9.36 Å². The summed E-state index contributed by atoms with van der Waals surface area (Å²) in [5, 5.41) is 0. The molecule has 0 aromatic carbocycles. The van der Waals surface area contributed by atoms with Crippen molar-refractivity contribution >= 4 is 5.97 Å². The van der Waals surface area contributed by atoms with E-state index in [1.807, 2.05) is 10.8 Å². The van der Waals surface area contributed by atoms with Gasteiger partial charge in [-0.1, -0.05) is 13.5 Å². The molecule has 0 N–H and O–H groups in total. The van der Waals surface area contributed by atoms with Gasteiger partial charge >= 0.3 is 5.97 Å². The summed E-state index contributed by atoms with van der Waals surface area (Å²) in [4.78, 5) is 16.1. The van der Waals surface area contributed by atoms with E-state index in [2.05, 4.69) is 13.5 Å². The van der Waals surface area contributed by atoms with E-state index in [9.17, 15) is 4.79 Å². The van der Waals surface area contributed by atoms with Crippen molar-refractivity contribution in [1.29, 1.82) is 0 Å². The summed E-state index contributed by atoms with van der Waals surface area (Å²) in [5.41, 5.74) is 0.390. The van der Waals surface area contributed by atoms with Crippen LogP contribution in [0.1, 0.15) is 20.3 Å². The van der Waals surface area contributed by atoms with E-state index < -0.39 is 5.97 Å². The van der Waals surface area contributed by atoms with Gasteiger partial charge < -0.3 is 0 Å². The number of aromatic nitrogens is 2. The van der Waals surface area contributed by atoms with Crippen LogP contribution in [-0.4, -0.2) is 10.7 Å². The molecule has 0 bridgehead atoms. The zero-order valence-corrected chi connectivity index (χ0v) is 8.56. The lowest BCUT2D eigenvalue weighted by Gasteiger charge is -1.95. The standard InChI is InChI=1S/C10H15N2O2/c1-4-5-11-6-7-12(8-11)14-10(13)9(2)3/h6-8H,2,4-5H2,1,3H3/q+1. The highest BCUT2D eigenvalue weighted by Crippen LogP contribution is 1.89. The smallest absolute Gasteiger partial charge is 0.253 e. The fourth-order valence-corrected chi connectivity index (χ4v) is 0.993. The molecule has 0 spiro atoms. The molecule has 0 unspecified atom stereocenters. The van der Waals surface area contributed by atoms with Crippen molar-refractivity contribution in [1.82, 2.24) is 4.73 Å². The molecule has 1 rings (SSSR count). The molecule has 76 valence electrons. The molecule has 0 aliphatic rings. The lowest BCUT2D eigenvalue weighted by atomic mass is 10.4. The van der Waals surface area contributed by atoms with Crippen LogP contribution in [0.15, 0.2) is 30.9 Å². The number of rotatable bonds is 4. The molecule has 14 heavy (non-hydrogen) atoms. The Bertz CT molecular complexity index is 342. The van der Waals surface area contributed by atoms with Crippen LogP contribution in [0.2, 0.25) is 0 Å². The van der Waals surface area contributed by atoms with Gasteiger partial charge in [0, 0.05) is 5.57 Å². The molecule has 0 saturated carbocycles. The molecule has 0 radical (unpaired) electrons. The highest BCUT2D eigenvalue weighted by Gasteiger charge is 2.10. The quantitative estimate of drug-likeness (QED) is 0.524. The van der Waals surface area contributed by atoms with Crippen molar-refractivity contribution in [2.24, 2.45) is 0 Å². The second-order valence-electron chi connectivity index (χ2n) is 3.17. The van der Waals surface area contributed by atoms with E-state index in [1.54, 1.807) is 19.4 Å². The van der Waals surface area contributed by atoms with Crippen molar-refractivity contribution < 1.29 is 14.2 Å². The number of carbonyl (C=O) groups excluding carboxylic acids is 1. The van der Waals surface area contributed by atoms with Gasteiger partial charge in [0.05, 0.1) is 6.54 Å². The Balaban J connectivity index is 2.59. The van der Waals surface area contributed by atoms with Crippen LogP contribution in [0.4, 0.5) is 0 Å². The number of aryl methyl sites for hydroxylation is 1. The van der Waals surface area contributed by atoms with E-state index >= 15 is 0 Å². The van der Waals surface area contributed by atoms with Crippen molar-refractivity contribution in [2.75, 3.05) is 0 Å². The predicted molar refractivity (Wildman–Crippen MR) is 51.3 cm³/mol. The maximum atomic E-state index is 11.1. The zero-order valence-electron chi connectivity index (χ0n) is 8.56. The van der Waals surface area contributed by atoms with Gasteiger partial charge in [-0.2, -0.15) is 0 Å². The first-order chi connectivity index (χ1) is 6.63. The molecule has 0 aliphatic carbocycles. The summed E-state index contributed by atoms with van der Waals surface area (Å²) >= 11 is 0. The van der Waals surface area contributed by atoms with E-state index in [0.717, 1.165) is 13.0 Å². The van der Waals surface area contributed by atoms with Crippen LogP contribution in [0, 0.1) is 0 Å². The number of imidazole rings is 1. The lowest BCUT2D eigenvalue weighted by Crippen LogP contribution is -2.31. The zero-order chi connectivity index (χ0) is 10.6. The summed E-state index contributed by atoms with van der Waals surface area (Å²) in [5.74, 6) is -0.413. The van der Waals surface area contributed by atoms with Gasteiger partial charge in [0.2, 0.25) is 0 Å². The third-order valence-electron chi connectivity index (χ3n) is 1.69. The topological polar surface area (TPSA) is 35.1 Å². The first-order valence-electron chi connectivity index (χ1n) is 4.58. The van der Waals surface area contributed by atoms with Crippen molar-refractivity contribution in [3.05, 3.63) is 30.9 Å². The normalized spacial score (nSPS) is 9.86. The Morgan fingerprint density at radius 2 is 2.36 bits per heavy atom. The Labute approximate surface area is 83.4 Å². The highest BCUT2D eigenvalue weighted by atomic mass is 16.7. The van der Waals surface area contributed by atoms with Crippen molar-refractivity contribution in [2.45, 2.75) is 26.8 Å². The second kappa shape index (κ2) is 4.60. The van der Waals surface area contributed by atoms with E-state index in [-0.39, 0.29) is 0 Å². The minimum atomic E-state index is -0.413. The first-order valence-corrected chi connectivity index (χ1v) is 4.58. The van der Waals surface area contributed by atoms with Crippen LogP contribution in [-0.2, 0) is 11.3 Å². The molecule has 0 atom stereocenters. The summed E-state index contributed by atoms with van der Waals surface area (Å²) in [7, 11) is 0. The fourth-order valence-electron chi connectivity index (χ4n) is 0.993. The largest absolute Gasteiger partial charge is 0.383 e. The molecule has 4 nitrogen and oxygen atoms in total. The number of hydrogen-bond donors (Lipinski definition) is 0. The van der Waals surface area contributed by atoms with Crippen LogP contribution >= 0.6 is 0 Å².